The Balaban J connectivity index is 1.81. The highest BCUT2D eigenvalue weighted by Crippen LogP contribution is 2.45. The lowest BCUT2D eigenvalue weighted by Gasteiger charge is -2.51. The number of amides is 1. The minimum Gasteiger partial charge on any atom is -0.507 e. The van der Waals surface area contributed by atoms with Gasteiger partial charge in [0.1, 0.15) is 23.6 Å². The average Bonchev–Trinajstić information content (AvgIpc) is 3.03. The van der Waals surface area contributed by atoms with Gasteiger partial charge >= 0.3 is 0 Å². The molecule has 12 heteroatoms. The number of halogens is 2. The van der Waals surface area contributed by atoms with Crippen LogP contribution in [-0.2, 0) is 4.79 Å². The van der Waals surface area contributed by atoms with Crippen LogP contribution in [0.1, 0.15) is 62.0 Å². The fourth-order valence-corrected chi connectivity index (χ4v) is 6.84. The minimum atomic E-state index is -2.76. The van der Waals surface area contributed by atoms with Crippen molar-refractivity contribution in [3.05, 3.63) is 75.8 Å². The smallest absolute Gasteiger partial charge is 0.282 e. The summed E-state index contributed by atoms with van der Waals surface area (Å²) in [6.45, 7) is 10.8. The van der Waals surface area contributed by atoms with Crippen molar-refractivity contribution in [3.8, 4) is 22.7 Å². The normalized spacial score (nSPS) is 19.2. The molecule has 0 aliphatic carbocycles. The molecule has 1 N–H and O–H groups in total. The number of carbonyl (C=O) groups is 1. The van der Waals surface area contributed by atoms with Gasteiger partial charge in [0.05, 0.1) is 45.1 Å². The van der Waals surface area contributed by atoms with Crippen LogP contribution >= 0.6 is 11.6 Å². The zero-order valence-electron chi connectivity index (χ0n) is 29.3. The Kier molecular flexibility index (Phi) is 7.06. The number of likely N-dealkylation sites (N-methyl/N-ethyl adjacent to an activating group) is 1. The topological polar surface area (TPSA) is 108 Å². The highest BCUT2D eigenvalue weighted by molar-refractivity contribution is 6.34. The molecule has 0 spiro atoms. The summed E-state index contributed by atoms with van der Waals surface area (Å²) < 4.78 is 42.4. The molecule has 1 aromatic carbocycles. The lowest BCUT2D eigenvalue weighted by Crippen LogP contribution is -2.64. The van der Waals surface area contributed by atoms with Crippen molar-refractivity contribution in [2.24, 2.45) is 0 Å². The van der Waals surface area contributed by atoms with Gasteiger partial charge in [0.15, 0.2) is 5.65 Å². The first-order valence-corrected chi connectivity index (χ1v) is 15.5. The number of hydrogen-bond donors (Lipinski definition) is 1. The number of carbonyl (C=O) groups excluding carboxylic acids is 1. The maximum Gasteiger partial charge on any atom is 0.282 e. The van der Waals surface area contributed by atoms with Gasteiger partial charge in [0, 0.05) is 42.2 Å². The molecule has 240 valence electrons. The summed E-state index contributed by atoms with van der Waals surface area (Å²) >= 11 is 6.88. The second-order valence-corrected chi connectivity index (χ2v) is 12.8. The fraction of sp³-hybridized carbons (Fsp3) is 0.382. The lowest BCUT2D eigenvalue weighted by molar-refractivity contribution is -0.128. The van der Waals surface area contributed by atoms with Crippen LogP contribution in [0.5, 0.6) is 5.75 Å². The number of fused-ring (bicyclic) bond motifs is 5. The van der Waals surface area contributed by atoms with E-state index in [0.717, 1.165) is 4.90 Å². The molecule has 6 rings (SSSR count). The van der Waals surface area contributed by atoms with Crippen molar-refractivity contribution in [3.63, 3.8) is 0 Å². The van der Waals surface area contributed by atoms with Gasteiger partial charge in [-0.15, -0.1) is 0 Å². The van der Waals surface area contributed by atoms with Crippen LogP contribution in [0, 0.1) is 5.82 Å². The Labute approximate surface area is 276 Å². The average molecular weight is 649 g/mol. The number of phenolic OH excluding ortho intramolecular Hbond substituents is 1. The van der Waals surface area contributed by atoms with E-state index in [0.29, 0.717) is 22.5 Å². The maximum absolute atomic E-state index is 15.3. The molecule has 0 unspecified atom stereocenters. The molecule has 1 fully saturated rings. The zero-order valence-corrected chi connectivity index (χ0v) is 27.0. The number of anilines is 2. The van der Waals surface area contributed by atoms with E-state index < -0.39 is 30.1 Å². The van der Waals surface area contributed by atoms with Gasteiger partial charge in [0.2, 0.25) is 5.91 Å². The number of aromatic hydroxyl groups is 1. The molecule has 1 saturated heterocycles. The number of phenols is 1. The molecule has 2 aliphatic rings. The van der Waals surface area contributed by atoms with Crippen LogP contribution in [-0.4, -0.2) is 74.1 Å². The maximum atomic E-state index is 15.3. The first-order chi connectivity index (χ1) is 23.1. The number of piperazine rings is 1. The van der Waals surface area contributed by atoms with Gasteiger partial charge in [0.25, 0.3) is 5.56 Å². The SMILES string of the molecule is [2H]C([2H])([2H])N1C[C@H]2CN(C(=O)C=C)[C@H](C)CN2c2c1c(=O)n(-c1c(C(C)C)ncnc1C(C)C)c1nc(-c3c(O)cccc3F)c(Cl)cc21. The third kappa shape index (κ3) is 4.88. The van der Waals surface area contributed by atoms with E-state index in [-0.39, 0.29) is 76.7 Å². The van der Waals surface area contributed by atoms with Gasteiger partial charge in [-0.3, -0.25) is 14.2 Å². The van der Waals surface area contributed by atoms with Crippen LogP contribution < -0.4 is 15.4 Å². The lowest BCUT2D eigenvalue weighted by atomic mass is 9.98. The van der Waals surface area contributed by atoms with Crippen LogP contribution in [0.4, 0.5) is 15.8 Å². The fourth-order valence-electron chi connectivity index (χ4n) is 6.59. The van der Waals surface area contributed by atoms with Crippen LogP contribution in [0.25, 0.3) is 28.0 Å². The number of aromatic nitrogens is 4. The van der Waals surface area contributed by atoms with Crippen LogP contribution in [0.15, 0.2) is 48.0 Å². The summed E-state index contributed by atoms with van der Waals surface area (Å²) in [5.41, 5.74) is 0.575. The second kappa shape index (κ2) is 11.7. The Hall–Kier alpha value is -4.51. The molecular formula is C34H37ClFN7O3. The van der Waals surface area contributed by atoms with Gasteiger partial charge < -0.3 is 19.8 Å². The van der Waals surface area contributed by atoms with E-state index in [1.807, 2.05) is 39.5 Å². The summed E-state index contributed by atoms with van der Waals surface area (Å²) in [4.78, 5) is 46.6. The molecule has 5 heterocycles. The van der Waals surface area contributed by atoms with Crippen molar-refractivity contribution in [1.82, 2.24) is 24.4 Å². The Morgan fingerprint density at radius 3 is 2.43 bits per heavy atom. The third-order valence-corrected chi connectivity index (χ3v) is 9.01. The predicted octanol–water partition coefficient (Wildman–Crippen LogP) is 5.63. The van der Waals surface area contributed by atoms with E-state index in [9.17, 15) is 9.90 Å². The molecule has 2 atom stereocenters. The van der Waals surface area contributed by atoms with E-state index in [4.69, 9.17) is 20.7 Å². The molecule has 46 heavy (non-hydrogen) atoms. The van der Waals surface area contributed by atoms with E-state index in [1.54, 1.807) is 4.90 Å². The second-order valence-electron chi connectivity index (χ2n) is 12.4. The Bertz CT molecular complexity index is 2020. The van der Waals surface area contributed by atoms with Crippen molar-refractivity contribution >= 4 is 39.9 Å². The van der Waals surface area contributed by atoms with E-state index >= 15 is 9.18 Å². The molecule has 2 aliphatic heterocycles. The Morgan fingerprint density at radius 2 is 1.83 bits per heavy atom. The molecule has 3 aromatic heterocycles. The standard InChI is InChI=1S/C34H37ClFN7O3/c1-8-25(45)41-15-20-14-40(7)32-30(42(20)13-19(41)6)21-12-22(35)29(26-23(36)10-9-11-24(26)44)39-33(21)43(34(32)46)31-27(17(2)3)37-16-38-28(31)18(4)5/h8-12,16-20,44H,1,13-15H2,2-7H3/t19-,20+/m1/s1/i7D3. The van der Waals surface area contributed by atoms with Crippen LogP contribution in [0.3, 0.4) is 0 Å². The largest absolute Gasteiger partial charge is 0.507 e. The minimum absolute atomic E-state index is 0.0335. The number of rotatable bonds is 5. The number of hydrogen-bond acceptors (Lipinski definition) is 8. The number of benzene rings is 1. The van der Waals surface area contributed by atoms with Crippen molar-refractivity contribution in [1.29, 1.82) is 0 Å². The van der Waals surface area contributed by atoms with Crippen molar-refractivity contribution < 1.29 is 18.4 Å². The third-order valence-electron chi connectivity index (χ3n) is 8.73. The molecule has 4 aromatic rings. The molecule has 0 saturated carbocycles. The van der Waals surface area contributed by atoms with Crippen molar-refractivity contribution in [2.75, 3.05) is 36.4 Å². The summed E-state index contributed by atoms with van der Waals surface area (Å²) in [6.07, 6.45) is 2.65. The van der Waals surface area contributed by atoms with E-state index in [1.165, 1.54) is 41.2 Å². The van der Waals surface area contributed by atoms with Gasteiger partial charge in [-0.2, -0.15) is 0 Å². The summed E-state index contributed by atoms with van der Waals surface area (Å²) in [5.74, 6) is -1.87. The summed E-state index contributed by atoms with van der Waals surface area (Å²) in [5, 5.41) is 11.1. The quantitative estimate of drug-likeness (QED) is 0.278. The van der Waals surface area contributed by atoms with Gasteiger partial charge in [-0.25, -0.2) is 19.3 Å². The highest BCUT2D eigenvalue weighted by Gasteiger charge is 2.41. The highest BCUT2D eigenvalue weighted by atomic mass is 35.5. The monoisotopic (exact) mass is 648 g/mol. The van der Waals surface area contributed by atoms with Crippen molar-refractivity contribution in [2.45, 2.75) is 58.5 Å². The Morgan fingerprint density at radius 1 is 1.13 bits per heavy atom. The van der Waals surface area contributed by atoms with Gasteiger partial charge in [-0.05, 0) is 43.0 Å². The summed E-state index contributed by atoms with van der Waals surface area (Å²) in [7, 11) is 0. The van der Waals surface area contributed by atoms with Crippen LogP contribution in [0.2, 0.25) is 5.02 Å². The summed E-state index contributed by atoms with van der Waals surface area (Å²) in [6, 6.07) is 4.50. The predicted molar refractivity (Wildman–Crippen MR) is 179 cm³/mol. The molecule has 10 nitrogen and oxygen atoms in total. The number of pyridine rings is 2. The zero-order chi connectivity index (χ0) is 35.7. The van der Waals surface area contributed by atoms with Gasteiger partial charge in [-0.1, -0.05) is 51.9 Å². The first kappa shape index (κ1) is 27.8. The van der Waals surface area contributed by atoms with E-state index in [2.05, 4.69) is 16.5 Å². The molecular weight excluding hydrogens is 609 g/mol. The molecule has 0 bridgehead atoms. The molecule has 1 amide bonds. The number of nitrogens with zero attached hydrogens (tertiary/aromatic N) is 7. The molecule has 0 radical (unpaired) electrons. The first-order valence-electron chi connectivity index (χ1n) is 16.7.